The van der Waals surface area contributed by atoms with Crippen LogP contribution in [0.2, 0.25) is 0 Å². The molecule has 0 saturated heterocycles. The molecule has 0 atom stereocenters. The largest absolute Gasteiger partial charge is 0.329 e. The third-order valence-electron chi connectivity index (χ3n) is 4.14. The second kappa shape index (κ2) is 8.67. The number of halogens is 1. The van der Waals surface area contributed by atoms with Crippen LogP contribution in [0.1, 0.15) is 17.0 Å². The minimum atomic E-state index is -0.840. The van der Waals surface area contributed by atoms with Gasteiger partial charge in [0.05, 0.1) is 6.21 Å². The summed E-state index contributed by atoms with van der Waals surface area (Å²) >= 11 is 3.31. The Bertz CT molecular complexity index is 1040. The van der Waals surface area contributed by atoms with Crippen LogP contribution in [-0.2, 0) is 9.59 Å². The monoisotopic (exact) mass is 438 g/mol. The van der Waals surface area contributed by atoms with Crippen molar-refractivity contribution >= 4 is 39.6 Å². The molecule has 0 bridgehead atoms. The molecule has 1 heterocycles. The van der Waals surface area contributed by atoms with Crippen molar-refractivity contribution < 1.29 is 9.59 Å². The number of nitrogens with one attached hydrogen (secondary N) is 2. The number of nitrogens with zero attached hydrogens (tertiary/aromatic N) is 2. The maximum atomic E-state index is 12.0. The van der Waals surface area contributed by atoms with Gasteiger partial charge in [0.15, 0.2) is 0 Å². The van der Waals surface area contributed by atoms with Crippen LogP contribution in [0.4, 0.5) is 5.69 Å². The summed E-state index contributed by atoms with van der Waals surface area (Å²) in [7, 11) is 0. The predicted molar refractivity (Wildman–Crippen MR) is 114 cm³/mol. The molecule has 0 radical (unpaired) electrons. The van der Waals surface area contributed by atoms with Crippen LogP contribution in [0.3, 0.4) is 0 Å². The Morgan fingerprint density at radius 1 is 1.00 bits per heavy atom. The molecular weight excluding hydrogens is 420 g/mol. The van der Waals surface area contributed by atoms with Crippen molar-refractivity contribution in [1.82, 2.24) is 9.99 Å². The van der Waals surface area contributed by atoms with Crippen molar-refractivity contribution in [3.8, 4) is 5.69 Å². The lowest BCUT2D eigenvalue weighted by molar-refractivity contribution is -0.136. The lowest BCUT2D eigenvalue weighted by Gasteiger charge is -2.09. The Labute approximate surface area is 171 Å². The Kier molecular flexibility index (Phi) is 6.06. The summed E-state index contributed by atoms with van der Waals surface area (Å²) < 4.78 is 2.90. The van der Waals surface area contributed by atoms with Gasteiger partial charge in [-0.25, -0.2) is 5.43 Å². The molecule has 2 N–H and O–H groups in total. The first-order valence-electron chi connectivity index (χ1n) is 8.60. The van der Waals surface area contributed by atoms with Crippen molar-refractivity contribution in [2.75, 3.05) is 5.32 Å². The molecule has 1 aromatic heterocycles. The number of rotatable bonds is 4. The molecule has 3 rings (SSSR count). The molecular formula is C21H19BrN4O2. The Morgan fingerprint density at radius 2 is 1.75 bits per heavy atom. The molecule has 3 aromatic rings. The summed E-state index contributed by atoms with van der Waals surface area (Å²) in [5.41, 5.74) is 6.72. The van der Waals surface area contributed by atoms with E-state index in [1.165, 1.54) is 6.21 Å². The number of aromatic nitrogens is 1. The summed E-state index contributed by atoms with van der Waals surface area (Å²) in [5, 5.41) is 6.44. The first-order valence-corrected chi connectivity index (χ1v) is 9.39. The number of hydrazone groups is 1. The number of benzene rings is 2. The van der Waals surface area contributed by atoms with Crippen LogP contribution in [0.25, 0.3) is 5.69 Å². The molecule has 6 nitrogen and oxygen atoms in total. The van der Waals surface area contributed by atoms with Crippen molar-refractivity contribution in [1.29, 1.82) is 0 Å². The molecule has 7 heteroatoms. The van der Waals surface area contributed by atoms with Crippen molar-refractivity contribution in [2.24, 2.45) is 5.10 Å². The van der Waals surface area contributed by atoms with Gasteiger partial charge in [-0.3, -0.25) is 9.59 Å². The SMILES string of the molecule is Cc1cc(C=NNC(=O)C(=O)Nc2cccc(Br)c2)c(C)n1-c1ccccc1. The lowest BCUT2D eigenvalue weighted by Crippen LogP contribution is -2.32. The van der Waals surface area contributed by atoms with Crippen LogP contribution < -0.4 is 10.7 Å². The highest BCUT2D eigenvalue weighted by molar-refractivity contribution is 9.10. The maximum Gasteiger partial charge on any atom is 0.329 e. The van der Waals surface area contributed by atoms with Crippen LogP contribution in [0.15, 0.2) is 70.2 Å². The zero-order valence-corrected chi connectivity index (χ0v) is 17.0. The Hall–Kier alpha value is -3.19. The average molecular weight is 439 g/mol. The van der Waals surface area contributed by atoms with Crippen LogP contribution in [0, 0.1) is 13.8 Å². The van der Waals surface area contributed by atoms with Crippen LogP contribution in [-0.4, -0.2) is 22.6 Å². The van der Waals surface area contributed by atoms with Crippen molar-refractivity contribution in [3.63, 3.8) is 0 Å². The zero-order valence-electron chi connectivity index (χ0n) is 15.4. The van der Waals surface area contributed by atoms with E-state index in [2.05, 4.69) is 36.3 Å². The molecule has 0 unspecified atom stereocenters. The molecule has 0 aliphatic rings. The normalized spacial score (nSPS) is 10.8. The Morgan fingerprint density at radius 3 is 2.46 bits per heavy atom. The van der Waals surface area contributed by atoms with E-state index in [1.807, 2.05) is 56.3 Å². The molecule has 0 aliphatic carbocycles. The van der Waals surface area contributed by atoms with E-state index in [0.29, 0.717) is 5.69 Å². The van der Waals surface area contributed by atoms with E-state index >= 15 is 0 Å². The van der Waals surface area contributed by atoms with Gasteiger partial charge in [0, 0.05) is 32.8 Å². The fraction of sp³-hybridized carbons (Fsp3) is 0.0952. The van der Waals surface area contributed by atoms with Gasteiger partial charge in [-0.05, 0) is 50.2 Å². The summed E-state index contributed by atoms with van der Waals surface area (Å²) in [5.74, 6) is -1.63. The van der Waals surface area contributed by atoms with Gasteiger partial charge in [0.25, 0.3) is 0 Å². The third kappa shape index (κ3) is 4.55. The number of anilines is 1. The molecule has 0 spiro atoms. The number of para-hydroxylation sites is 1. The van der Waals surface area contributed by atoms with E-state index in [4.69, 9.17) is 0 Å². The zero-order chi connectivity index (χ0) is 20.1. The van der Waals surface area contributed by atoms with Gasteiger partial charge in [-0.2, -0.15) is 5.10 Å². The highest BCUT2D eigenvalue weighted by Gasteiger charge is 2.13. The van der Waals surface area contributed by atoms with Crippen LogP contribution >= 0.6 is 15.9 Å². The molecule has 0 fully saturated rings. The van der Waals surface area contributed by atoms with E-state index in [-0.39, 0.29) is 0 Å². The summed E-state index contributed by atoms with van der Waals surface area (Å²) in [6, 6.07) is 18.9. The van der Waals surface area contributed by atoms with E-state index in [9.17, 15) is 9.59 Å². The third-order valence-corrected chi connectivity index (χ3v) is 4.64. The standard InChI is InChI=1S/C21H19BrN4O2/c1-14-11-16(15(2)26(14)19-9-4-3-5-10-19)13-23-25-21(28)20(27)24-18-8-6-7-17(22)12-18/h3-13H,1-2H3,(H,24,27)(H,25,28). The Balaban J connectivity index is 1.66. The van der Waals surface area contributed by atoms with Gasteiger partial charge in [-0.15, -0.1) is 0 Å². The smallest absolute Gasteiger partial charge is 0.318 e. The maximum absolute atomic E-state index is 12.0. The van der Waals surface area contributed by atoms with Gasteiger partial charge in [-0.1, -0.05) is 40.2 Å². The fourth-order valence-corrected chi connectivity index (χ4v) is 3.26. The van der Waals surface area contributed by atoms with E-state index < -0.39 is 11.8 Å². The lowest BCUT2D eigenvalue weighted by atomic mass is 10.2. The number of carbonyl (C=O) groups is 2. The number of aryl methyl sites for hydroxylation is 1. The number of hydrogen-bond donors (Lipinski definition) is 2. The number of hydrogen-bond acceptors (Lipinski definition) is 3. The second-order valence-electron chi connectivity index (χ2n) is 6.16. The highest BCUT2D eigenvalue weighted by atomic mass is 79.9. The summed E-state index contributed by atoms with van der Waals surface area (Å²) in [6.07, 6.45) is 1.53. The minimum absolute atomic E-state index is 0.518. The molecule has 2 amide bonds. The molecule has 28 heavy (non-hydrogen) atoms. The van der Waals surface area contributed by atoms with Gasteiger partial charge in [0.2, 0.25) is 0 Å². The topological polar surface area (TPSA) is 75.5 Å². The first kappa shape index (κ1) is 19.6. The van der Waals surface area contributed by atoms with E-state index in [1.54, 1.807) is 18.2 Å². The number of carbonyl (C=O) groups excluding carboxylic acids is 2. The van der Waals surface area contributed by atoms with Crippen LogP contribution in [0.5, 0.6) is 0 Å². The highest BCUT2D eigenvalue weighted by Crippen LogP contribution is 2.19. The predicted octanol–water partition coefficient (Wildman–Crippen LogP) is 3.95. The van der Waals surface area contributed by atoms with Gasteiger partial charge >= 0.3 is 11.8 Å². The summed E-state index contributed by atoms with van der Waals surface area (Å²) in [6.45, 7) is 3.98. The fourth-order valence-electron chi connectivity index (χ4n) is 2.86. The van der Waals surface area contributed by atoms with Crippen molar-refractivity contribution in [3.05, 3.63) is 82.1 Å². The molecule has 0 saturated carbocycles. The minimum Gasteiger partial charge on any atom is -0.318 e. The molecule has 142 valence electrons. The number of amides is 2. The molecule has 0 aliphatic heterocycles. The summed E-state index contributed by atoms with van der Waals surface area (Å²) in [4.78, 5) is 23.9. The van der Waals surface area contributed by atoms with Crippen molar-refractivity contribution in [2.45, 2.75) is 13.8 Å². The van der Waals surface area contributed by atoms with E-state index in [0.717, 1.165) is 27.1 Å². The molecule has 2 aromatic carbocycles. The quantitative estimate of drug-likeness (QED) is 0.367. The van der Waals surface area contributed by atoms with Gasteiger partial charge in [0.1, 0.15) is 0 Å². The second-order valence-corrected chi connectivity index (χ2v) is 7.08. The van der Waals surface area contributed by atoms with Gasteiger partial charge < -0.3 is 9.88 Å². The first-order chi connectivity index (χ1) is 13.5. The average Bonchev–Trinajstić information content (AvgIpc) is 2.95.